The van der Waals surface area contributed by atoms with Crippen LogP contribution in [-0.2, 0) is 13.1 Å². The predicted molar refractivity (Wildman–Crippen MR) is 130 cm³/mol. The van der Waals surface area contributed by atoms with Crippen molar-refractivity contribution < 1.29 is 0 Å². The highest BCUT2D eigenvalue weighted by Gasteiger charge is 2.20. The van der Waals surface area contributed by atoms with Crippen LogP contribution in [0.5, 0.6) is 0 Å². The van der Waals surface area contributed by atoms with E-state index in [0.29, 0.717) is 17.7 Å². The van der Waals surface area contributed by atoms with Crippen molar-refractivity contribution in [3.05, 3.63) is 128 Å². The highest BCUT2D eigenvalue weighted by atomic mass is 16.2. The van der Waals surface area contributed by atoms with E-state index in [2.05, 4.69) is 11.1 Å². The molecular formula is C27H24N4O2. The predicted octanol–water partition coefficient (Wildman–Crippen LogP) is 4.06. The third kappa shape index (κ3) is 3.80. The van der Waals surface area contributed by atoms with E-state index in [0.717, 1.165) is 27.9 Å². The van der Waals surface area contributed by atoms with Crippen molar-refractivity contribution in [1.82, 2.24) is 18.7 Å². The topological polar surface area (TPSA) is 61.8 Å². The first-order chi connectivity index (χ1) is 16.0. The molecule has 6 nitrogen and oxygen atoms in total. The summed E-state index contributed by atoms with van der Waals surface area (Å²) in [7, 11) is 0. The van der Waals surface area contributed by atoms with Crippen molar-refractivity contribution in [2.24, 2.45) is 0 Å². The number of imidazole rings is 1. The Labute approximate surface area is 191 Å². The van der Waals surface area contributed by atoms with Crippen LogP contribution in [0.15, 0.2) is 94.8 Å². The molecule has 6 heteroatoms. The molecule has 0 saturated carbocycles. The maximum atomic E-state index is 13.6. The number of aromatic nitrogens is 4. The van der Waals surface area contributed by atoms with E-state index < -0.39 is 5.69 Å². The molecule has 3 aromatic carbocycles. The van der Waals surface area contributed by atoms with Crippen molar-refractivity contribution >= 4 is 11.2 Å². The zero-order valence-corrected chi connectivity index (χ0v) is 18.6. The number of hydrogen-bond acceptors (Lipinski definition) is 3. The standard InChI is InChI=1S/C27H24N4O2/c1-19-9-8-13-22(15-19)16-29-18-28-25-24(29)26(32)30(17-21-11-4-3-5-12-21)27(33)31(25)23-14-7-6-10-20(23)2/h3-15,18H,16-17H2,1-2H3. The lowest BCUT2D eigenvalue weighted by Gasteiger charge is -2.14. The fourth-order valence-corrected chi connectivity index (χ4v) is 4.24. The minimum atomic E-state index is -0.397. The van der Waals surface area contributed by atoms with Gasteiger partial charge in [0.25, 0.3) is 5.56 Å². The first-order valence-corrected chi connectivity index (χ1v) is 10.9. The second kappa shape index (κ2) is 8.39. The van der Waals surface area contributed by atoms with Gasteiger partial charge < -0.3 is 4.57 Å². The van der Waals surface area contributed by atoms with Gasteiger partial charge in [-0.05, 0) is 36.6 Å². The number of rotatable bonds is 5. The summed E-state index contributed by atoms with van der Waals surface area (Å²) in [6, 6.07) is 25.4. The van der Waals surface area contributed by atoms with Crippen LogP contribution in [0, 0.1) is 13.8 Å². The van der Waals surface area contributed by atoms with Crippen LogP contribution < -0.4 is 11.2 Å². The molecule has 2 heterocycles. The van der Waals surface area contributed by atoms with Crippen LogP contribution in [0.4, 0.5) is 0 Å². The van der Waals surface area contributed by atoms with E-state index in [4.69, 9.17) is 0 Å². The SMILES string of the molecule is Cc1cccc(Cn2cnc3c2c(=O)n(Cc2ccccc2)c(=O)n3-c2ccccc2C)c1. The summed E-state index contributed by atoms with van der Waals surface area (Å²) >= 11 is 0. The average molecular weight is 437 g/mol. The summed E-state index contributed by atoms with van der Waals surface area (Å²) in [5, 5.41) is 0. The molecule has 0 radical (unpaired) electrons. The number of aryl methyl sites for hydroxylation is 2. The molecule has 5 rings (SSSR count). The summed E-state index contributed by atoms with van der Waals surface area (Å²) < 4.78 is 4.70. The first kappa shape index (κ1) is 20.7. The van der Waals surface area contributed by atoms with E-state index in [-0.39, 0.29) is 12.1 Å². The smallest absolute Gasteiger partial charge is 0.320 e. The molecule has 0 fully saturated rings. The number of nitrogens with zero attached hydrogens (tertiary/aromatic N) is 4. The number of hydrogen-bond donors (Lipinski definition) is 0. The lowest BCUT2D eigenvalue weighted by molar-refractivity contribution is 0.676. The lowest BCUT2D eigenvalue weighted by Crippen LogP contribution is -2.40. The van der Waals surface area contributed by atoms with Crippen LogP contribution in [0.25, 0.3) is 16.9 Å². The normalized spacial score (nSPS) is 11.2. The zero-order valence-electron chi connectivity index (χ0n) is 18.6. The lowest BCUT2D eigenvalue weighted by atomic mass is 10.1. The van der Waals surface area contributed by atoms with Gasteiger partial charge in [-0.3, -0.25) is 9.36 Å². The molecule has 5 aromatic rings. The van der Waals surface area contributed by atoms with Gasteiger partial charge in [-0.15, -0.1) is 0 Å². The monoisotopic (exact) mass is 436 g/mol. The van der Waals surface area contributed by atoms with E-state index in [1.807, 2.05) is 91.2 Å². The Kier molecular flexibility index (Phi) is 5.26. The van der Waals surface area contributed by atoms with Crippen molar-refractivity contribution in [2.45, 2.75) is 26.9 Å². The second-order valence-electron chi connectivity index (χ2n) is 8.32. The second-order valence-corrected chi connectivity index (χ2v) is 8.32. The van der Waals surface area contributed by atoms with E-state index in [1.54, 1.807) is 10.9 Å². The largest absolute Gasteiger partial charge is 0.337 e. The van der Waals surface area contributed by atoms with Gasteiger partial charge in [-0.25, -0.2) is 14.3 Å². The summed E-state index contributed by atoms with van der Waals surface area (Å²) in [5.74, 6) is 0. The van der Waals surface area contributed by atoms with Crippen LogP contribution >= 0.6 is 0 Å². The Hall–Kier alpha value is -4.19. The quantitative estimate of drug-likeness (QED) is 0.417. The van der Waals surface area contributed by atoms with Crippen LogP contribution in [0.1, 0.15) is 22.3 Å². The Balaban J connectivity index is 1.78. The van der Waals surface area contributed by atoms with Crippen LogP contribution in [-0.4, -0.2) is 18.7 Å². The summed E-state index contributed by atoms with van der Waals surface area (Å²) in [6.45, 7) is 4.67. The molecule has 0 unspecified atom stereocenters. The van der Waals surface area contributed by atoms with E-state index >= 15 is 0 Å². The van der Waals surface area contributed by atoms with Crippen molar-refractivity contribution in [3.8, 4) is 5.69 Å². The highest BCUT2D eigenvalue weighted by Crippen LogP contribution is 2.18. The molecule has 0 N–H and O–H groups in total. The Morgan fingerprint density at radius 3 is 2.27 bits per heavy atom. The first-order valence-electron chi connectivity index (χ1n) is 10.9. The van der Waals surface area contributed by atoms with Crippen molar-refractivity contribution in [2.75, 3.05) is 0 Å². The molecule has 0 atom stereocenters. The maximum Gasteiger partial charge on any atom is 0.337 e. The van der Waals surface area contributed by atoms with Gasteiger partial charge in [0, 0.05) is 6.54 Å². The Bertz CT molecular complexity index is 1580. The van der Waals surface area contributed by atoms with Gasteiger partial charge in [0.05, 0.1) is 18.6 Å². The Morgan fingerprint density at radius 1 is 0.788 bits per heavy atom. The summed E-state index contributed by atoms with van der Waals surface area (Å²) in [5.41, 5.74) is 4.80. The minimum Gasteiger partial charge on any atom is -0.320 e. The van der Waals surface area contributed by atoms with Gasteiger partial charge in [0.1, 0.15) is 0 Å². The summed E-state index contributed by atoms with van der Waals surface area (Å²) in [4.78, 5) is 31.8. The molecule has 0 spiro atoms. The van der Waals surface area contributed by atoms with Crippen LogP contribution in [0.3, 0.4) is 0 Å². The number of fused-ring (bicyclic) bond motifs is 1. The fourth-order valence-electron chi connectivity index (χ4n) is 4.24. The highest BCUT2D eigenvalue weighted by molar-refractivity contribution is 5.73. The third-order valence-corrected chi connectivity index (χ3v) is 5.88. The van der Waals surface area contributed by atoms with Crippen LogP contribution in [0.2, 0.25) is 0 Å². The molecular weight excluding hydrogens is 412 g/mol. The molecule has 2 aromatic heterocycles. The van der Waals surface area contributed by atoms with Gasteiger partial charge >= 0.3 is 5.69 Å². The van der Waals surface area contributed by atoms with E-state index in [1.165, 1.54) is 4.57 Å². The molecule has 164 valence electrons. The van der Waals surface area contributed by atoms with Gasteiger partial charge in [-0.2, -0.15) is 0 Å². The van der Waals surface area contributed by atoms with Gasteiger partial charge in [-0.1, -0.05) is 78.4 Å². The van der Waals surface area contributed by atoms with Crippen molar-refractivity contribution in [3.63, 3.8) is 0 Å². The average Bonchev–Trinajstić information content (AvgIpc) is 3.22. The third-order valence-electron chi connectivity index (χ3n) is 5.88. The Morgan fingerprint density at radius 2 is 1.52 bits per heavy atom. The summed E-state index contributed by atoms with van der Waals surface area (Å²) in [6.07, 6.45) is 1.65. The molecule has 0 amide bonds. The molecule has 33 heavy (non-hydrogen) atoms. The number of benzene rings is 3. The number of para-hydroxylation sites is 1. The minimum absolute atomic E-state index is 0.190. The molecule has 0 aliphatic rings. The fraction of sp³-hybridized carbons (Fsp3) is 0.148. The zero-order chi connectivity index (χ0) is 22.9. The molecule has 0 aliphatic heterocycles. The van der Waals surface area contributed by atoms with Gasteiger partial charge in [0.2, 0.25) is 0 Å². The van der Waals surface area contributed by atoms with Gasteiger partial charge in [0.15, 0.2) is 11.2 Å². The van der Waals surface area contributed by atoms with E-state index in [9.17, 15) is 9.59 Å². The van der Waals surface area contributed by atoms with Crippen molar-refractivity contribution in [1.29, 1.82) is 0 Å². The molecule has 0 aliphatic carbocycles. The molecule has 0 bridgehead atoms. The maximum absolute atomic E-state index is 13.6. The molecule has 0 saturated heterocycles.